The molecule has 6 nitrogen and oxygen atoms in total. The van der Waals surface area contributed by atoms with Gasteiger partial charge in [-0.25, -0.2) is 4.79 Å². The zero-order valence-electron chi connectivity index (χ0n) is 11.5. The first kappa shape index (κ1) is 13.9. The molecule has 1 aliphatic heterocycles. The Labute approximate surface area is 112 Å². The molecule has 1 aromatic heterocycles. The third kappa shape index (κ3) is 3.07. The summed E-state index contributed by atoms with van der Waals surface area (Å²) in [6, 6.07) is 0. The fraction of sp³-hybridized carbons (Fsp3) is 0.692. The van der Waals surface area contributed by atoms with Crippen molar-refractivity contribution in [2.45, 2.75) is 38.7 Å². The van der Waals surface area contributed by atoms with E-state index in [2.05, 4.69) is 5.10 Å². The van der Waals surface area contributed by atoms with E-state index >= 15 is 0 Å². The molecule has 6 heteroatoms. The van der Waals surface area contributed by atoms with Gasteiger partial charge in [0.2, 0.25) is 0 Å². The molecule has 0 bridgehead atoms. The van der Waals surface area contributed by atoms with E-state index < -0.39 is 5.97 Å². The lowest BCUT2D eigenvalue weighted by Crippen LogP contribution is -2.16. The fourth-order valence-corrected chi connectivity index (χ4v) is 2.32. The summed E-state index contributed by atoms with van der Waals surface area (Å²) in [6.07, 6.45) is 3.80. The van der Waals surface area contributed by atoms with Gasteiger partial charge in [-0.05, 0) is 19.3 Å². The van der Waals surface area contributed by atoms with Gasteiger partial charge in [0.15, 0.2) is 5.69 Å². The van der Waals surface area contributed by atoms with Crippen LogP contribution in [-0.4, -0.2) is 35.1 Å². The number of hydrogen-bond acceptors (Lipinski definition) is 5. The first-order valence-corrected chi connectivity index (χ1v) is 6.73. The standard InChI is InChI=1S/C13H21N3O3/c1-3-10-11(14)12(16(2)15-10)13(17)19-8-6-9-5-4-7-18-9/h9H,3-8,14H2,1-2H3. The molecule has 0 aromatic carbocycles. The molecule has 0 amide bonds. The van der Waals surface area contributed by atoms with Crippen LogP contribution in [0.3, 0.4) is 0 Å². The summed E-state index contributed by atoms with van der Waals surface area (Å²) in [7, 11) is 1.70. The highest BCUT2D eigenvalue weighted by Crippen LogP contribution is 2.19. The van der Waals surface area contributed by atoms with E-state index in [4.69, 9.17) is 15.2 Å². The number of anilines is 1. The zero-order chi connectivity index (χ0) is 13.8. The average Bonchev–Trinajstić information content (AvgIpc) is 2.97. The Morgan fingerprint density at radius 1 is 1.63 bits per heavy atom. The van der Waals surface area contributed by atoms with E-state index in [0.717, 1.165) is 31.6 Å². The van der Waals surface area contributed by atoms with Gasteiger partial charge in [-0.2, -0.15) is 5.10 Å². The number of aryl methyl sites for hydroxylation is 2. The number of nitrogen functional groups attached to an aromatic ring is 1. The molecule has 2 rings (SSSR count). The number of hydrogen-bond donors (Lipinski definition) is 1. The Morgan fingerprint density at radius 2 is 2.42 bits per heavy atom. The van der Waals surface area contributed by atoms with E-state index in [1.807, 2.05) is 6.92 Å². The van der Waals surface area contributed by atoms with Gasteiger partial charge in [-0.3, -0.25) is 4.68 Å². The molecule has 106 valence electrons. The third-order valence-corrected chi connectivity index (χ3v) is 3.39. The number of rotatable bonds is 5. The third-order valence-electron chi connectivity index (χ3n) is 3.39. The van der Waals surface area contributed by atoms with Gasteiger partial charge >= 0.3 is 5.97 Å². The van der Waals surface area contributed by atoms with Crippen molar-refractivity contribution in [2.75, 3.05) is 18.9 Å². The van der Waals surface area contributed by atoms with Crippen LogP contribution >= 0.6 is 0 Å². The Kier molecular flexibility index (Phi) is 4.42. The van der Waals surface area contributed by atoms with Crippen molar-refractivity contribution in [1.82, 2.24) is 9.78 Å². The molecular formula is C13H21N3O3. The van der Waals surface area contributed by atoms with Crippen LogP contribution in [0.15, 0.2) is 0 Å². The van der Waals surface area contributed by atoms with E-state index in [1.165, 1.54) is 4.68 Å². The maximum Gasteiger partial charge on any atom is 0.358 e. The smallest absolute Gasteiger partial charge is 0.358 e. The summed E-state index contributed by atoms with van der Waals surface area (Å²) < 4.78 is 12.2. The average molecular weight is 267 g/mol. The molecular weight excluding hydrogens is 246 g/mol. The van der Waals surface area contributed by atoms with Gasteiger partial charge < -0.3 is 15.2 Å². The van der Waals surface area contributed by atoms with Crippen molar-refractivity contribution in [1.29, 1.82) is 0 Å². The molecule has 0 spiro atoms. The van der Waals surface area contributed by atoms with Crippen LogP contribution in [0.1, 0.15) is 42.4 Å². The molecule has 19 heavy (non-hydrogen) atoms. The lowest BCUT2D eigenvalue weighted by atomic mass is 10.2. The molecule has 1 saturated heterocycles. The predicted molar refractivity (Wildman–Crippen MR) is 70.9 cm³/mol. The highest BCUT2D eigenvalue weighted by molar-refractivity contribution is 5.93. The Morgan fingerprint density at radius 3 is 3.00 bits per heavy atom. The second-order valence-electron chi connectivity index (χ2n) is 4.75. The summed E-state index contributed by atoms with van der Waals surface area (Å²) >= 11 is 0. The van der Waals surface area contributed by atoms with Crippen molar-refractivity contribution in [3.8, 4) is 0 Å². The van der Waals surface area contributed by atoms with Crippen molar-refractivity contribution in [3.05, 3.63) is 11.4 Å². The summed E-state index contributed by atoms with van der Waals surface area (Å²) in [6.45, 7) is 3.12. The summed E-state index contributed by atoms with van der Waals surface area (Å²) in [5.74, 6) is -0.412. The van der Waals surface area contributed by atoms with Crippen molar-refractivity contribution in [2.24, 2.45) is 7.05 Å². The molecule has 1 fully saturated rings. The number of ether oxygens (including phenoxy) is 2. The number of aromatic nitrogens is 2. The lowest BCUT2D eigenvalue weighted by molar-refractivity contribution is 0.0376. The molecule has 0 aliphatic carbocycles. The molecule has 2 N–H and O–H groups in total. The van der Waals surface area contributed by atoms with E-state index in [-0.39, 0.29) is 6.10 Å². The first-order chi connectivity index (χ1) is 9.13. The predicted octanol–water partition coefficient (Wildman–Crippen LogP) is 1.29. The van der Waals surface area contributed by atoms with Crippen LogP contribution in [0.25, 0.3) is 0 Å². The number of carbonyl (C=O) groups excluding carboxylic acids is 1. The van der Waals surface area contributed by atoms with Gasteiger partial charge in [0, 0.05) is 20.1 Å². The molecule has 1 unspecified atom stereocenters. The van der Waals surface area contributed by atoms with Gasteiger partial charge in [0.05, 0.1) is 24.1 Å². The van der Waals surface area contributed by atoms with Gasteiger partial charge in [-0.15, -0.1) is 0 Å². The number of esters is 1. The molecule has 0 radical (unpaired) electrons. The van der Waals surface area contributed by atoms with Crippen LogP contribution in [0.4, 0.5) is 5.69 Å². The molecule has 2 heterocycles. The van der Waals surface area contributed by atoms with E-state index in [1.54, 1.807) is 7.05 Å². The Balaban J connectivity index is 1.90. The van der Waals surface area contributed by atoms with Gasteiger partial charge in [-0.1, -0.05) is 6.92 Å². The minimum Gasteiger partial charge on any atom is -0.461 e. The minimum atomic E-state index is -0.412. The lowest BCUT2D eigenvalue weighted by Gasteiger charge is -2.10. The quantitative estimate of drug-likeness (QED) is 0.813. The molecule has 1 aliphatic rings. The number of nitrogens with two attached hydrogens (primary N) is 1. The topological polar surface area (TPSA) is 79.4 Å². The maximum absolute atomic E-state index is 12.0. The van der Waals surface area contributed by atoms with Crippen LogP contribution in [0.2, 0.25) is 0 Å². The minimum absolute atomic E-state index is 0.225. The Bertz CT molecular complexity index is 450. The van der Waals surface area contributed by atoms with Crippen LogP contribution in [-0.2, 0) is 22.9 Å². The highest BCUT2D eigenvalue weighted by atomic mass is 16.5. The van der Waals surface area contributed by atoms with E-state index in [0.29, 0.717) is 24.4 Å². The molecule has 0 saturated carbocycles. The highest BCUT2D eigenvalue weighted by Gasteiger charge is 2.21. The zero-order valence-corrected chi connectivity index (χ0v) is 11.5. The Hall–Kier alpha value is -1.56. The SMILES string of the molecule is CCc1nn(C)c(C(=O)OCCC2CCCO2)c1N. The number of carbonyl (C=O) groups is 1. The second-order valence-corrected chi connectivity index (χ2v) is 4.75. The van der Waals surface area contributed by atoms with Crippen LogP contribution < -0.4 is 5.73 Å². The second kappa shape index (κ2) is 6.06. The van der Waals surface area contributed by atoms with E-state index in [9.17, 15) is 4.79 Å². The summed E-state index contributed by atoms with van der Waals surface area (Å²) in [5.41, 5.74) is 7.39. The van der Waals surface area contributed by atoms with Crippen molar-refractivity contribution >= 4 is 11.7 Å². The van der Waals surface area contributed by atoms with Gasteiger partial charge in [0.1, 0.15) is 0 Å². The van der Waals surface area contributed by atoms with Crippen molar-refractivity contribution < 1.29 is 14.3 Å². The monoisotopic (exact) mass is 267 g/mol. The van der Waals surface area contributed by atoms with Crippen molar-refractivity contribution in [3.63, 3.8) is 0 Å². The fourth-order valence-electron chi connectivity index (χ4n) is 2.32. The first-order valence-electron chi connectivity index (χ1n) is 6.73. The normalized spacial score (nSPS) is 18.7. The van der Waals surface area contributed by atoms with Gasteiger partial charge in [0.25, 0.3) is 0 Å². The summed E-state index contributed by atoms with van der Waals surface area (Å²) in [5, 5.41) is 4.20. The largest absolute Gasteiger partial charge is 0.461 e. The maximum atomic E-state index is 12.0. The number of nitrogens with zero attached hydrogens (tertiary/aromatic N) is 2. The molecule has 1 aromatic rings. The van der Waals surface area contributed by atoms with Crippen LogP contribution in [0, 0.1) is 0 Å². The molecule has 1 atom stereocenters. The summed E-state index contributed by atoms with van der Waals surface area (Å²) in [4.78, 5) is 12.0. The van der Waals surface area contributed by atoms with Crippen LogP contribution in [0.5, 0.6) is 0 Å².